The van der Waals surface area contributed by atoms with E-state index < -0.39 is 0 Å². The standard InChI is InChI=1S/C19H25NO/c1-14(17-8-6-7-9-18(17)21-5)20-16-12-10-15(11-13-16)19(2,3)4/h6-14,20H,1-5H3. The van der Waals surface area contributed by atoms with Gasteiger partial charge in [0, 0.05) is 11.3 Å². The Bertz CT molecular complexity index is 581. The largest absolute Gasteiger partial charge is 0.496 e. The molecule has 0 saturated heterocycles. The van der Waals surface area contributed by atoms with Crippen LogP contribution in [0, 0.1) is 0 Å². The molecule has 1 unspecified atom stereocenters. The Morgan fingerprint density at radius 2 is 1.57 bits per heavy atom. The molecule has 2 nitrogen and oxygen atoms in total. The Balaban J connectivity index is 2.14. The molecule has 0 aliphatic heterocycles. The van der Waals surface area contributed by atoms with Crippen molar-refractivity contribution in [3.05, 3.63) is 59.7 Å². The van der Waals surface area contributed by atoms with Crippen molar-refractivity contribution in [3.8, 4) is 5.75 Å². The number of ether oxygens (including phenoxy) is 1. The molecule has 2 aromatic carbocycles. The second-order valence-corrected chi connectivity index (χ2v) is 6.44. The molecular formula is C19H25NO. The minimum Gasteiger partial charge on any atom is -0.496 e. The molecule has 2 heteroatoms. The first kappa shape index (κ1) is 15.4. The molecule has 21 heavy (non-hydrogen) atoms. The van der Waals surface area contributed by atoms with Gasteiger partial charge in [0.25, 0.3) is 0 Å². The second kappa shape index (κ2) is 6.21. The molecule has 0 fully saturated rings. The summed E-state index contributed by atoms with van der Waals surface area (Å²) in [6, 6.07) is 17.0. The van der Waals surface area contributed by atoms with Crippen molar-refractivity contribution in [2.24, 2.45) is 0 Å². The highest BCUT2D eigenvalue weighted by Crippen LogP contribution is 2.28. The summed E-state index contributed by atoms with van der Waals surface area (Å²) in [5, 5.41) is 3.53. The van der Waals surface area contributed by atoms with Crippen LogP contribution in [0.3, 0.4) is 0 Å². The summed E-state index contributed by atoms with van der Waals surface area (Å²) in [6.45, 7) is 8.84. The van der Waals surface area contributed by atoms with E-state index in [1.54, 1.807) is 7.11 Å². The first-order valence-electron chi connectivity index (χ1n) is 7.42. The molecule has 2 rings (SSSR count). The monoisotopic (exact) mass is 283 g/mol. The Kier molecular flexibility index (Phi) is 4.56. The van der Waals surface area contributed by atoms with Crippen LogP contribution in [0.4, 0.5) is 5.69 Å². The van der Waals surface area contributed by atoms with Crippen molar-refractivity contribution in [2.75, 3.05) is 12.4 Å². The average molecular weight is 283 g/mol. The third kappa shape index (κ3) is 3.78. The molecule has 0 bridgehead atoms. The van der Waals surface area contributed by atoms with Crippen LogP contribution in [0.25, 0.3) is 0 Å². The van der Waals surface area contributed by atoms with Crippen molar-refractivity contribution in [3.63, 3.8) is 0 Å². The maximum absolute atomic E-state index is 5.43. The van der Waals surface area contributed by atoms with Crippen molar-refractivity contribution in [2.45, 2.75) is 39.2 Å². The van der Waals surface area contributed by atoms with Gasteiger partial charge in [-0.1, -0.05) is 51.1 Å². The molecule has 0 amide bonds. The van der Waals surface area contributed by atoms with Gasteiger partial charge in [-0.2, -0.15) is 0 Å². The number of methoxy groups -OCH3 is 1. The smallest absolute Gasteiger partial charge is 0.124 e. The lowest BCUT2D eigenvalue weighted by molar-refractivity contribution is 0.408. The normalized spacial score (nSPS) is 12.8. The summed E-state index contributed by atoms with van der Waals surface area (Å²) in [4.78, 5) is 0. The lowest BCUT2D eigenvalue weighted by Gasteiger charge is -2.21. The van der Waals surface area contributed by atoms with E-state index in [-0.39, 0.29) is 11.5 Å². The fourth-order valence-electron chi connectivity index (χ4n) is 2.42. The number of rotatable bonds is 4. The van der Waals surface area contributed by atoms with Gasteiger partial charge in [0.15, 0.2) is 0 Å². The first-order chi connectivity index (χ1) is 9.91. The zero-order valence-electron chi connectivity index (χ0n) is 13.6. The molecule has 1 atom stereocenters. The predicted octanol–water partition coefficient (Wildman–Crippen LogP) is 5.17. The van der Waals surface area contributed by atoms with E-state index in [9.17, 15) is 0 Å². The third-order valence-electron chi connectivity index (χ3n) is 3.74. The molecule has 2 aromatic rings. The maximum Gasteiger partial charge on any atom is 0.124 e. The Morgan fingerprint density at radius 1 is 0.952 bits per heavy atom. The van der Waals surface area contributed by atoms with Gasteiger partial charge in [-0.15, -0.1) is 0 Å². The lowest BCUT2D eigenvalue weighted by atomic mass is 9.87. The van der Waals surface area contributed by atoms with Crippen molar-refractivity contribution in [1.29, 1.82) is 0 Å². The van der Waals surface area contributed by atoms with Gasteiger partial charge in [0.05, 0.1) is 13.2 Å². The first-order valence-corrected chi connectivity index (χ1v) is 7.42. The van der Waals surface area contributed by atoms with Crippen LogP contribution < -0.4 is 10.1 Å². The summed E-state index contributed by atoms with van der Waals surface area (Å²) in [7, 11) is 1.71. The van der Waals surface area contributed by atoms with E-state index in [1.807, 2.05) is 18.2 Å². The van der Waals surface area contributed by atoms with Gasteiger partial charge >= 0.3 is 0 Å². The van der Waals surface area contributed by atoms with Gasteiger partial charge in [0.1, 0.15) is 5.75 Å². The van der Waals surface area contributed by atoms with Gasteiger partial charge < -0.3 is 10.1 Å². The zero-order valence-corrected chi connectivity index (χ0v) is 13.6. The number of hydrogen-bond acceptors (Lipinski definition) is 2. The van der Waals surface area contributed by atoms with E-state index in [0.717, 1.165) is 11.4 Å². The number of para-hydroxylation sites is 1. The third-order valence-corrected chi connectivity index (χ3v) is 3.74. The van der Waals surface area contributed by atoms with Crippen molar-refractivity contribution >= 4 is 5.69 Å². The summed E-state index contributed by atoms with van der Waals surface area (Å²) >= 11 is 0. The topological polar surface area (TPSA) is 21.3 Å². The van der Waals surface area contributed by atoms with Crippen molar-refractivity contribution < 1.29 is 4.74 Å². The molecule has 0 aliphatic carbocycles. The molecule has 0 aliphatic rings. The molecule has 0 aromatic heterocycles. The van der Waals surface area contributed by atoms with Crippen LogP contribution in [-0.4, -0.2) is 7.11 Å². The summed E-state index contributed by atoms with van der Waals surface area (Å²) in [6.07, 6.45) is 0. The summed E-state index contributed by atoms with van der Waals surface area (Å²) < 4.78 is 5.43. The SMILES string of the molecule is COc1ccccc1C(C)Nc1ccc(C(C)(C)C)cc1. The highest BCUT2D eigenvalue weighted by Gasteiger charge is 2.14. The average Bonchev–Trinajstić information content (AvgIpc) is 2.46. The maximum atomic E-state index is 5.43. The fraction of sp³-hybridized carbons (Fsp3) is 0.368. The van der Waals surface area contributed by atoms with Crippen LogP contribution in [0.15, 0.2) is 48.5 Å². The molecular weight excluding hydrogens is 258 g/mol. The summed E-state index contributed by atoms with van der Waals surface area (Å²) in [5.41, 5.74) is 3.83. The molecule has 0 radical (unpaired) electrons. The lowest BCUT2D eigenvalue weighted by Crippen LogP contribution is -2.11. The van der Waals surface area contributed by atoms with E-state index in [0.29, 0.717) is 0 Å². The Morgan fingerprint density at radius 3 is 2.14 bits per heavy atom. The Labute approximate surface area is 128 Å². The highest BCUT2D eigenvalue weighted by molar-refractivity contribution is 5.49. The van der Waals surface area contributed by atoms with E-state index >= 15 is 0 Å². The Hall–Kier alpha value is -1.96. The van der Waals surface area contributed by atoms with Gasteiger partial charge in [-0.25, -0.2) is 0 Å². The molecule has 0 heterocycles. The molecule has 0 saturated carbocycles. The zero-order chi connectivity index (χ0) is 15.5. The molecule has 1 N–H and O–H groups in total. The minimum atomic E-state index is 0.187. The van der Waals surface area contributed by atoms with Gasteiger partial charge in [0.2, 0.25) is 0 Å². The summed E-state index contributed by atoms with van der Waals surface area (Å²) in [5.74, 6) is 0.920. The number of hydrogen-bond donors (Lipinski definition) is 1. The predicted molar refractivity (Wildman–Crippen MR) is 90.2 cm³/mol. The van der Waals surface area contributed by atoms with Crippen LogP contribution >= 0.6 is 0 Å². The van der Waals surface area contributed by atoms with Crippen LogP contribution in [0.1, 0.15) is 44.9 Å². The number of benzene rings is 2. The molecule has 0 spiro atoms. The fourth-order valence-corrected chi connectivity index (χ4v) is 2.42. The minimum absolute atomic E-state index is 0.187. The number of anilines is 1. The van der Waals surface area contributed by atoms with Crippen LogP contribution in [0.5, 0.6) is 5.75 Å². The van der Waals surface area contributed by atoms with Crippen molar-refractivity contribution in [1.82, 2.24) is 0 Å². The van der Waals surface area contributed by atoms with E-state index in [4.69, 9.17) is 4.74 Å². The van der Waals surface area contributed by atoms with E-state index in [2.05, 4.69) is 63.3 Å². The van der Waals surface area contributed by atoms with Crippen LogP contribution in [-0.2, 0) is 5.41 Å². The highest BCUT2D eigenvalue weighted by atomic mass is 16.5. The number of nitrogens with one attached hydrogen (secondary N) is 1. The quantitative estimate of drug-likeness (QED) is 0.836. The van der Waals surface area contributed by atoms with E-state index in [1.165, 1.54) is 11.1 Å². The van der Waals surface area contributed by atoms with Gasteiger partial charge in [-0.05, 0) is 36.1 Å². The second-order valence-electron chi connectivity index (χ2n) is 6.44. The molecule has 112 valence electrons. The van der Waals surface area contributed by atoms with Crippen LogP contribution in [0.2, 0.25) is 0 Å². The van der Waals surface area contributed by atoms with Gasteiger partial charge in [-0.3, -0.25) is 0 Å².